The van der Waals surface area contributed by atoms with E-state index in [1.807, 2.05) is 13.8 Å². The van der Waals surface area contributed by atoms with Gasteiger partial charge in [0, 0.05) is 31.2 Å². The summed E-state index contributed by atoms with van der Waals surface area (Å²) in [6.07, 6.45) is 0.332. The molecule has 2 N–H and O–H groups in total. The largest absolute Gasteiger partial charge is 0.396 e. The van der Waals surface area contributed by atoms with Crippen molar-refractivity contribution in [3.8, 4) is 0 Å². The molecule has 1 aliphatic heterocycles. The van der Waals surface area contributed by atoms with Gasteiger partial charge >= 0.3 is 0 Å². The molecule has 4 heteroatoms. The summed E-state index contributed by atoms with van der Waals surface area (Å²) in [6.45, 7) is 9.93. The fourth-order valence-corrected chi connectivity index (χ4v) is 3.64. The van der Waals surface area contributed by atoms with E-state index in [1.54, 1.807) is 6.92 Å². The third-order valence-corrected chi connectivity index (χ3v) is 4.90. The molecule has 1 aliphatic rings. The van der Waals surface area contributed by atoms with Crippen LogP contribution in [0.15, 0.2) is 6.07 Å². The first-order valence-electron chi connectivity index (χ1n) is 7.97. The van der Waals surface area contributed by atoms with Crippen molar-refractivity contribution in [3.63, 3.8) is 0 Å². The number of ketones is 1. The number of likely N-dealkylation sites (tertiary alicyclic amines) is 1. The van der Waals surface area contributed by atoms with Crippen molar-refractivity contribution in [3.05, 3.63) is 33.9 Å². The summed E-state index contributed by atoms with van der Waals surface area (Å²) in [5.41, 5.74) is 5.30. The summed E-state index contributed by atoms with van der Waals surface area (Å²) in [7, 11) is 0. The summed E-state index contributed by atoms with van der Waals surface area (Å²) in [4.78, 5) is 14.1. The SMILES string of the molecule is CC(=O)c1c(C)cc(C)c(CN2CC[C@H](CO)[C@@H](O)C2)c1C. The fourth-order valence-electron chi connectivity index (χ4n) is 3.64. The molecule has 2 rings (SSSR count). The van der Waals surface area contributed by atoms with E-state index in [9.17, 15) is 15.0 Å². The zero-order valence-corrected chi connectivity index (χ0v) is 14.0. The number of aliphatic hydroxyl groups is 2. The first kappa shape index (κ1) is 17.1. The highest BCUT2D eigenvalue weighted by Crippen LogP contribution is 2.26. The van der Waals surface area contributed by atoms with Crippen molar-refractivity contribution in [1.82, 2.24) is 4.90 Å². The Hall–Kier alpha value is -1.23. The number of nitrogens with zero attached hydrogens (tertiary/aromatic N) is 1. The van der Waals surface area contributed by atoms with Gasteiger partial charge in [0.25, 0.3) is 0 Å². The molecular weight excluding hydrogens is 278 g/mol. The number of piperidine rings is 1. The van der Waals surface area contributed by atoms with Gasteiger partial charge in [-0.15, -0.1) is 0 Å². The van der Waals surface area contributed by atoms with Crippen LogP contribution in [0.25, 0.3) is 0 Å². The second kappa shape index (κ2) is 6.90. The molecule has 0 amide bonds. The maximum absolute atomic E-state index is 11.9. The molecule has 1 saturated heterocycles. The lowest BCUT2D eigenvalue weighted by Gasteiger charge is -2.35. The zero-order chi connectivity index (χ0) is 16.4. The minimum absolute atomic E-state index is 0.00996. The number of carbonyl (C=O) groups excluding carboxylic acids is 1. The molecule has 2 atom stereocenters. The van der Waals surface area contributed by atoms with Gasteiger partial charge in [-0.05, 0) is 62.9 Å². The predicted molar refractivity (Wildman–Crippen MR) is 87.1 cm³/mol. The Labute approximate surface area is 132 Å². The monoisotopic (exact) mass is 305 g/mol. The predicted octanol–water partition coefficient (Wildman–Crippen LogP) is 1.99. The Morgan fingerprint density at radius 2 is 2.00 bits per heavy atom. The third kappa shape index (κ3) is 3.40. The molecule has 1 heterocycles. The van der Waals surface area contributed by atoms with Crippen LogP contribution in [0.3, 0.4) is 0 Å². The van der Waals surface area contributed by atoms with Crippen molar-refractivity contribution in [1.29, 1.82) is 0 Å². The topological polar surface area (TPSA) is 60.8 Å². The van der Waals surface area contributed by atoms with Crippen LogP contribution in [0.5, 0.6) is 0 Å². The van der Waals surface area contributed by atoms with Gasteiger partial charge in [-0.1, -0.05) is 6.07 Å². The molecule has 1 fully saturated rings. The Bertz CT molecular complexity index is 568. The van der Waals surface area contributed by atoms with Gasteiger partial charge in [-0.3, -0.25) is 9.69 Å². The van der Waals surface area contributed by atoms with Crippen molar-refractivity contribution in [2.45, 2.75) is 46.8 Å². The molecule has 0 bridgehead atoms. The van der Waals surface area contributed by atoms with Crippen molar-refractivity contribution in [2.24, 2.45) is 5.92 Å². The minimum atomic E-state index is -0.475. The quantitative estimate of drug-likeness (QED) is 0.835. The van der Waals surface area contributed by atoms with Gasteiger partial charge in [0.05, 0.1) is 6.10 Å². The molecule has 0 unspecified atom stereocenters. The third-order valence-electron chi connectivity index (χ3n) is 4.90. The van der Waals surface area contributed by atoms with E-state index in [-0.39, 0.29) is 18.3 Å². The number of carbonyl (C=O) groups is 1. The maximum Gasteiger partial charge on any atom is 0.160 e. The van der Waals surface area contributed by atoms with Crippen molar-refractivity contribution in [2.75, 3.05) is 19.7 Å². The zero-order valence-electron chi connectivity index (χ0n) is 14.0. The Morgan fingerprint density at radius 3 is 2.55 bits per heavy atom. The summed E-state index contributed by atoms with van der Waals surface area (Å²) >= 11 is 0. The first-order chi connectivity index (χ1) is 10.3. The molecule has 0 radical (unpaired) electrons. The molecule has 4 nitrogen and oxygen atoms in total. The van der Waals surface area contributed by atoms with E-state index in [1.165, 1.54) is 11.1 Å². The number of hydrogen-bond acceptors (Lipinski definition) is 4. The average molecular weight is 305 g/mol. The molecule has 122 valence electrons. The number of hydrogen-bond donors (Lipinski definition) is 2. The Morgan fingerprint density at radius 1 is 1.32 bits per heavy atom. The Kier molecular flexibility index (Phi) is 5.37. The summed E-state index contributed by atoms with van der Waals surface area (Å²) < 4.78 is 0. The van der Waals surface area contributed by atoms with Crippen LogP contribution in [0.4, 0.5) is 0 Å². The number of Topliss-reactive ketones (excluding diaryl/α,β-unsaturated/α-hetero) is 1. The van der Waals surface area contributed by atoms with E-state index in [0.29, 0.717) is 6.54 Å². The van der Waals surface area contributed by atoms with E-state index in [4.69, 9.17) is 0 Å². The first-order valence-corrected chi connectivity index (χ1v) is 7.97. The van der Waals surface area contributed by atoms with Crippen LogP contribution in [0, 0.1) is 26.7 Å². The van der Waals surface area contributed by atoms with Crippen LogP contribution in [-0.2, 0) is 6.54 Å². The lowest BCUT2D eigenvalue weighted by molar-refractivity contribution is -0.00456. The van der Waals surface area contributed by atoms with Gasteiger partial charge in [-0.2, -0.15) is 0 Å². The van der Waals surface area contributed by atoms with E-state index >= 15 is 0 Å². The van der Waals surface area contributed by atoms with Crippen molar-refractivity contribution >= 4 is 5.78 Å². The highest BCUT2D eigenvalue weighted by molar-refractivity contribution is 5.97. The molecule has 0 saturated carbocycles. The van der Waals surface area contributed by atoms with Crippen LogP contribution in [0.2, 0.25) is 0 Å². The van der Waals surface area contributed by atoms with Gasteiger partial charge in [0.1, 0.15) is 0 Å². The fraction of sp³-hybridized carbons (Fsp3) is 0.611. The molecule has 0 aliphatic carbocycles. The molecule has 22 heavy (non-hydrogen) atoms. The van der Waals surface area contributed by atoms with Gasteiger partial charge in [-0.25, -0.2) is 0 Å². The normalized spacial score (nSPS) is 22.8. The van der Waals surface area contributed by atoms with E-state index in [0.717, 1.165) is 36.2 Å². The van der Waals surface area contributed by atoms with Gasteiger partial charge < -0.3 is 10.2 Å². The molecule has 1 aromatic carbocycles. The number of β-amino-alcohol motifs (C(OH)–C–C–N with tert-alkyl or cyclic N) is 1. The molecule has 0 spiro atoms. The van der Waals surface area contributed by atoms with Gasteiger partial charge in [0.15, 0.2) is 5.78 Å². The smallest absolute Gasteiger partial charge is 0.160 e. The minimum Gasteiger partial charge on any atom is -0.396 e. The highest BCUT2D eigenvalue weighted by Gasteiger charge is 2.27. The van der Waals surface area contributed by atoms with Crippen LogP contribution in [0.1, 0.15) is 46.0 Å². The van der Waals surface area contributed by atoms with Gasteiger partial charge in [0.2, 0.25) is 0 Å². The summed E-state index contributed by atoms with van der Waals surface area (Å²) in [6, 6.07) is 2.08. The number of benzene rings is 1. The average Bonchev–Trinajstić information content (AvgIpc) is 2.43. The molecular formula is C18H27NO3. The second-order valence-corrected chi connectivity index (χ2v) is 6.58. The number of aliphatic hydroxyl groups excluding tert-OH is 2. The Balaban J connectivity index is 2.23. The maximum atomic E-state index is 11.9. The lowest BCUT2D eigenvalue weighted by atomic mass is 9.90. The van der Waals surface area contributed by atoms with Crippen LogP contribution >= 0.6 is 0 Å². The van der Waals surface area contributed by atoms with E-state index in [2.05, 4.69) is 17.9 Å². The van der Waals surface area contributed by atoms with E-state index < -0.39 is 6.10 Å². The second-order valence-electron chi connectivity index (χ2n) is 6.58. The number of rotatable bonds is 4. The van der Waals surface area contributed by atoms with Crippen molar-refractivity contribution < 1.29 is 15.0 Å². The summed E-state index contributed by atoms with van der Waals surface area (Å²) in [5.74, 6) is 0.0968. The lowest BCUT2D eigenvalue weighted by Crippen LogP contribution is -2.44. The standard InChI is InChI=1S/C18H27NO3/c1-11-7-12(2)18(14(4)21)13(3)16(11)8-19-6-5-15(10-20)17(22)9-19/h7,15,17,20,22H,5-6,8-10H2,1-4H3/t15-,17+/m1/s1. The van der Waals surface area contributed by atoms with Crippen LogP contribution in [-0.4, -0.2) is 46.7 Å². The molecule has 1 aromatic rings. The number of aryl methyl sites for hydroxylation is 2. The molecule has 0 aromatic heterocycles. The van der Waals surface area contributed by atoms with Crippen LogP contribution < -0.4 is 0 Å². The summed E-state index contributed by atoms with van der Waals surface area (Å²) in [5, 5.41) is 19.3. The highest BCUT2D eigenvalue weighted by atomic mass is 16.3.